The van der Waals surface area contributed by atoms with E-state index < -0.39 is 0 Å². The number of aryl methyl sites for hydroxylation is 2. The van der Waals surface area contributed by atoms with Gasteiger partial charge in [0.2, 0.25) is 0 Å². The molecule has 2 aromatic rings. The Labute approximate surface area is 86.7 Å². The summed E-state index contributed by atoms with van der Waals surface area (Å²) in [5, 5.41) is 11.6. The van der Waals surface area contributed by atoms with Gasteiger partial charge in [0.15, 0.2) is 5.82 Å². The average Bonchev–Trinajstić information content (AvgIpc) is 2.76. The second kappa shape index (κ2) is 3.05. The lowest BCUT2D eigenvalue weighted by molar-refractivity contribution is 0.414. The molecule has 1 aromatic carbocycles. The summed E-state index contributed by atoms with van der Waals surface area (Å²) >= 11 is 0. The van der Waals surface area contributed by atoms with Gasteiger partial charge in [-0.15, -0.1) is 5.10 Å². The van der Waals surface area contributed by atoms with E-state index in [-0.39, 0.29) is 0 Å². The van der Waals surface area contributed by atoms with Gasteiger partial charge >= 0.3 is 0 Å². The number of ether oxygens (including phenoxy) is 1. The quantitative estimate of drug-likeness (QED) is 0.685. The molecule has 0 radical (unpaired) electrons. The van der Waals surface area contributed by atoms with E-state index in [0.29, 0.717) is 0 Å². The molecule has 5 heteroatoms. The first-order chi connectivity index (χ1) is 7.38. The van der Waals surface area contributed by atoms with Crippen molar-refractivity contribution in [1.29, 1.82) is 0 Å². The molecule has 2 heterocycles. The molecule has 15 heavy (non-hydrogen) atoms. The number of hydrogen-bond donors (Lipinski definition) is 0. The van der Waals surface area contributed by atoms with Crippen LogP contribution in [-0.2, 0) is 12.8 Å². The first-order valence-corrected chi connectivity index (χ1v) is 4.83. The minimum atomic E-state index is 0.831. The van der Waals surface area contributed by atoms with E-state index in [1.165, 1.54) is 5.56 Å². The first-order valence-electron chi connectivity index (χ1n) is 4.83. The normalized spacial score (nSPS) is 13.1. The fourth-order valence-electron chi connectivity index (χ4n) is 1.87. The van der Waals surface area contributed by atoms with Crippen molar-refractivity contribution in [2.24, 2.45) is 0 Å². The summed E-state index contributed by atoms with van der Waals surface area (Å²) in [6.07, 6.45) is 1.88. The smallest absolute Gasteiger partial charge is 0.157 e. The highest BCUT2D eigenvalue weighted by Gasteiger charge is 2.18. The number of nitrogens with zero attached hydrogens (tertiary/aromatic N) is 4. The molecule has 3 rings (SSSR count). The number of tetrazole rings is 1. The lowest BCUT2D eigenvalue weighted by Crippen LogP contribution is -2.13. The Bertz CT molecular complexity index is 506. The highest BCUT2D eigenvalue weighted by Crippen LogP contribution is 2.25. The van der Waals surface area contributed by atoms with Crippen molar-refractivity contribution in [3.05, 3.63) is 29.6 Å². The molecule has 0 bridgehead atoms. The van der Waals surface area contributed by atoms with Gasteiger partial charge in [-0.2, -0.15) is 4.68 Å². The highest BCUT2D eigenvalue weighted by molar-refractivity contribution is 5.48. The Hall–Kier alpha value is -1.91. The maximum atomic E-state index is 5.19. The molecular formula is C10H10N4O. The number of fused-ring (bicyclic) bond motifs is 3. The maximum absolute atomic E-state index is 5.19. The third-order valence-electron chi connectivity index (χ3n) is 2.67. The molecule has 0 amide bonds. The van der Waals surface area contributed by atoms with Crippen LogP contribution in [0.4, 0.5) is 0 Å². The molecule has 0 unspecified atom stereocenters. The van der Waals surface area contributed by atoms with Gasteiger partial charge in [0.1, 0.15) is 5.75 Å². The van der Waals surface area contributed by atoms with E-state index >= 15 is 0 Å². The predicted molar refractivity (Wildman–Crippen MR) is 53.1 cm³/mol. The average molecular weight is 202 g/mol. The molecule has 0 atom stereocenters. The van der Waals surface area contributed by atoms with Crippen LogP contribution in [0, 0.1) is 0 Å². The Morgan fingerprint density at radius 3 is 3.13 bits per heavy atom. The second-order valence-corrected chi connectivity index (χ2v) is 3.50. The van der Waals surface area contributed by atoms with E-state index in [0.717, 1.165) is 30.1 Å². The van der Waals surface area contributed by atoms with Crippen molar-refractivity contribution in [2.45, 2.75) is 12.8 Å². The Morgan fingerprint density at radius 2 is 2.27 bits per heavy atom. The fourth-order valence-corrected chi connectivity index (χ4v) is 1.87. The molecule has 0 saturated carbocycles. The van der Waals surface area contributed by atoms with Gasteiger partial charge in [-0.25, -0.2) is 0 Å². The van der Waals surface area contributed by atoms with Crippen LogP contribution >= 0.6 is 0 Å². The Morgan fingerprint density at radius 1 is 1.33 bits per heavy atom. The van der Waals surface area contributed by atoms with Crippen molar-refractivity contribution >= 4 is 0 Å². The summed E-state index contributed by atoms with van der Waals surface area (Å²) in [6.45, 7) is 0. The standard InChI is InChI=1S/C10H10N4O/c1-15-8-4-2-7-3-5-10-11-12-13-14(10)9(7)6-8/h2,4,6H,3,5H2,1H3. The molecule has 76 valence electrons. The zero-order valence-corrected chi connectivity index (χ0v) is 8.34. The van der Waals surface area contributed by atoms with Crippen LogP contribution in [-0.4, -0.2) is 27.3 Å². The number of methoxy groups -OCH3 is 1. The van der Waals surface area contributed by atoms with Crippen LogP contribution in [0.15, 0.2) is 18.2 Å². The second-order valence-electron chi connectivity index (χ2n) is 3.50. The summed E-state index contributed by atoms with van der Waals surface area (Å²) in [7, 11) is 1.66. The number of rotatable bonds is 1. The zero-order chi connectivity index (χ0) is 10.3. The molecule has 0 fully saturated rings. The molecule has 1 aromatic heterocycles. The molecule has 1 aliphatic rings. The lowest BCUT2D eigenvalue weighted by Gasteiger charge is -2.16. The van der Waals surface area contributed by atoms with E-state index in [1.807, 2.05) is 12.1 Å². The van der Waals surface area contributed by atoms with Gasteiger partial charge in [-0.05, 0) is 28.5 Å². The zero-order valence-electron chi connectivity index (χ0n) is 8.34. The van der Waals surface area contributed by atoms with E-state index in [1.54, 1.807) is 11.8 Å². The van der Waals surface area contributed by atoms with Crippen LogP contribution in [0.25, 0.3) is 5.69 Å². The van der Waals surface area contributed by atoms with Gasteiger partial charge < -0.3 is 4.74 Å². The summed E-state index contributed by atoms with van der Waals surface area (Å²) in [5.41, 5.74) is 2.29. The molecule has 0 N–H and O–H groups in total. The number of hydrogen-bond acceptors (Lipinski definition) is 4. The van der Waals surface area contributed by atoms with Crippen molar-refractivity contribution in [2.75, 3.05) is 7.11 Å². The van der Waals surface area contributed by atoms with Gasteiger partial charge in [0.25, 0.3) is 0 Å². The monoisotopic (exact) mass is 202 g/mol. The Balaban J connectivity index is 2.21. The third-order valence-corrected chi connectivity index (χ3v) is 2.67. The number of benzene rings is 1. The minimum absolute atomic E-state index is 0.831. The lowest BCUT2D eigenvalue weighted by atomic mass is 10.0. The number of aromatic nitrogens is 4. The van der Waals surface area contributed by atoms with Crippen LogP contribution in [0.1, 0.15) is 11.4 Å². The van der Waals surface area contributed by atoms with Crippen LogP contribution in [0.5, 0.6) is 5.75 Å². The van der Waals surface area contributed by atoms with Gasteiger partial charge in [0.05, 0.1) is 12.8 Å². The first kappa shape index (κ1) is 8.40. The third kappa shape index (κ3) is 1.20. The maximum Gasteiger partial charge on any atom is 0.157 e. The molecule has 5 nitrogen and oxygen atoms in total. The topological polar surface area (TPSA) is 52.8 Å². The molecule has 0 spiro atoms. The van der Waals surface area contributed by atoms with Gasteiger partial charge in [0, 0.05) is 12.5 Å². The minimum Gasteiger partial charge on any atom is -0.497 e. The summed E-state index contributed by atoms with van der Waals surface area (Å²) in [6, 6.07) is 6.00. The fraction of sp³-hybridized carbons (Fsp3) is 0.300. The Kier molecular flexibility index (Phi) is 1.71. The summed E-state index contributed by atoms with van der Waals surface area (Å²) < 4.78 is 6.97. The van der Waals surface area contributed by atoms with Crippen LogP contribution < -0.4 is 4.74 Å². The van der Waals surface area contributed by atoms with E-state index in [4.69, 9.17) is 4.74 Å². The van der Waals surface area contributed by atoms with Gasteiger partial charge in [-0.1, -0.05) is 6.07 Å². The molecule has 1 aliphatic heterocycles. The molecular weight excluding hydrogens is 192 g/mol. The highest BCUT2D eigenvalue weighted by atomic mass is 16.5. The molecule has 0 aliphatic carbocycles. The van der Waals surface area contributed by atoms with E-state index in [9.17, 15) is 0 Å². The van der Waals surface area contributed by atoms with Crippen molar-refractivity contribution < 1.29 is 4.74 Å². The summed E-state index contributed by atoms with van der Waals surface area (Å²) in [4.78, 5) is 0. The summed E-state index contributed by atoms with van der Waals surface area (Å²) in [5.74, 6) is 1.74. The van der Waals surface area contributed by atoms with Crippen molar-refractivity contribution in [3.63, 3.8) is 0 Å². The molecule has 0 saturated heterocycles. The van der Waals surface area contributed by atoms with Crippen LogP contribution in [0.2, 0.25) is 0 Å². The van der Waals surface area contributed by atoms with Crippen molar-refractivity contribution in [1.82, 2.24) is 20.2 Å². The van der Waals surface area contributed by atoms with Gasteiger partial charge in [-0.3, -0.25) is 0 Å². The van der Waals surface area contributed by atoms with E-state index in [2.05, 4.69) is 21.6 Å². The van der Waals surface area contributed by atoms with Crippen molar-refractivity contribution in [3.8, 4) is 11.4 Å². The SMILES string of the molecule is COc1ccc2c(c1)-n1nnnc1CC2. The largest absolute Gasteiger partial charge is 0.497 e. The predicted octanol–water partition coefficient (Wildman–Crippen LogP) is 0.769. The van der Waals surface area contributed by atoms with Crippen LogP contribution in [0.3, 0.4) is 0 Å².